The molecular formula is C16H28N4S. The van der Waals surface area contributed by atoms with Gasteiger partial charge in [-0.15, -0.1) is 5.10 Å². The van der Waals surface area contributed by atoms with Gasteiger partial charge < -0.3 is 4.90 Å². The Bertz CT molecular complexity index is 507. The van der Waals surface area contributed by atoms with Crippen LogP contribution in [0.25, 0.3) is 0 Å². The van der Waals surface area contributed by atoms with Gasteiger partial charge in [0.05, 0.1) is 0 Å². The number of hydrogen-bond acceptors (Lipinski definition) is 3. The molecule has 3 rings (SSSR count). The maximum Gasteiger partial charge on any atom is 0.225 e. The topological polar surface area (TPSA) is 36.9 Å². The molecule has 0 bridgehead atoms. The van der Waals surface area contributed by atoms with Gasteiger partial charge in [-0.25, -0.2) is 5.10 Å². The summed E-state index contributed by atoms with van der Waals surface area (Å²) in [6.07, 6.45) is 11.8. The van der Waals surface area contributed by atoms with Crippen LogP contribution in [0.4, 0.5) is 5.95 Å². The minimum absolute atomic E-state index is 0.556. The van der Waals surface area contributed by atoms with Crippen molar-refractivity contribution in [2.75, 3.05) is 11.9 Å². The normalized spacial score (nSPS) is 27.1. The monoisotopic (exact) mass is 308 g/mol. The summed E-state index contributed by atoms with van der Waals surface area (Å²) in [7, 11) is 2.20. The summed E-state index contributed by atoms with van der Waals surface area (Å²) in [5.41, 5.74) is 0. The van der Waals surface area contributed by atoms with E-state index in [-0.39, 0.29) is 0 Å². The van der Waals surface area contributed by atoms with Gasteiger partial charge in [-0.05, 0) is 56.7 Å². The van der Waals surface area contributed by atoms with Gasteiger partial charge in [0.25, 0.3) is 0 Å². The molecule has 0 radical (unpaired) electrons. The fourth-order valence-corrected chi connectivity index (χ4v) is 4.42. The lowest BCUT2D eigenvalue weighted by Gasteiger charge is -2.35. The highest BCUT2D eigenvalue weighted by atomic mass is 32.1. The average molecular weight is 308 g/mol. The first kappa shape index (κ1) is 15.1. The summed E-state index contributed by atoms with van der Waals surface area (Å²) in [5.74, 6) is 2.00. The molecule has 1 N–H and O–H groups in total. The molecule has 0 spiro atoms. The van der Waals surface area contributed by atoms with E-state index < -0.39 is 0 Å². The molecule has 5 heteroatoms. The van der Waals surface area contributed by atoms with Gasteiger partial charge in [0.1, 0.15) is 0 Å². The van der Waals surface area contributed by atoms with Crippen molar-refractivity contribution in [3.63, 3.8) is 0 Å². The zero-order valence-corrected chi connectivity index (χ0v) is 14.2. The third kappa shape index (κ3) is 3.03. The first-order valence-electron chi connectivity index (χ1n) is 8.60. The second-order valence-electron chi connectivity index (χ2n) is 6.83. The van der Waals surface area contributed by atoms with Gasteiger partial charge in [0.15, 0.2) is 4.77 Å². The Hall–Kier alpha value is -0.840. The maximum atomic E-state index is 5.49. The molecule has 0 aliphatic heterocycles. The molecule has 0 unspecified atom stereocenters. The Morgan fingerprint density at radius 3 is 2.48 bits per heavy atom. The van der Waals surface area contributed by atoms with E-state index in [0.717, 1.165) is 16.6 Å². The van der Waals surface area contributed by atoms with Crippen LogP contribution in [0.15, 0.2) is 0 Å². The first-order chi connectivity index (χ1) is 10.2. The molecule has 0 amide bonds. The van der Waals surface area contributed by atoms with E-state index >= 15 is 0 Å². The largest absolute Gasteiger partial charge is 0.341 e. The van der Waals surface area contributed by atoms with Crippen molar-refractivity contribution >= 4 is 18.2 Å². The molecule has 1 aromatic heterocycles. The molecule has 2 saturated carbocycles. The number of hydrogen-bond donors (Lipinski definition) is 1. The van der Waals surface area contributed by atoms with Crippen molar-refractivity contribution in [2.24, 2.45) is 5.92 Å². The molecule has 0 aromatic carbocycles. The van der Waals surface area contributed by atoms with Gasteiger partial charge in [-0.3, -0.25) is 4.57 Å². The maximum absolute atomic E-state index is 5.49. The van der Waals surface area contributed by atoms with Crippen molar-refractivity contribution in [3.05, 3.63) is 4.77 Å². The number of H-pyrrole nitrogens is 1. The highest BCUT2D eigenvalue weighted by Gasteiger charge is 2.28. The lowest BCUT2D eigenvalue weighted by Crippen LogP contribution is -2.37. The summed E-state index contributed by atoms with van der Waals surface area (Å²) in [6, 6.07) is 1.18. The number of nitrogens with one attached hydrogen (secondary N) is 1. The first-order valence-corrected chi connectivity index (χ1v) is 9.01. The Morgan fingerprint density at radius 2 is 1.86 bits per heavy atom. The number of aromatic amines is 1. The number of anilines is 1. The van der Waals surface area contributed by atoms with Gasteiger partial charge in [0.2, 0.25) is 5.95 Å². The van der Waals surface area contributed by atoms with E-state index in [1.807, 2.05) is 0 Å². The minimum atomic E-state index is 0.556. The smallest absolute Gasteiger partial charge is 0.225 e. The predicted octanol–water partition coefficient (Wildman–Crippen LogP) is 4.46. The van der Waals surface area contributed by atoms with E-state index in [0.29, 0.717) is 12.1 Å². The average Bonchev–Trinajstić information content (AvgIpc) is 3.15. The molecular weight excluding hydrogens is 280 g/mol. The Labute approximate surface area is 132 Å². The van der Waals surface area contributed by atoms with E-state index in [4.69, 9.17) is 12.2 Å². The Morgan fingerprint density at radius 1 is 1.19 bits per heavy atom. The van der Waals surface area contributed by atoms with Crippen molar-refractivity contribution in [3.8, 4) is 0 Å². The van der Waals surface area contributed by atoms with Crippen molar-refractivity contribution < 1.29 is 0 Å². The SMILES string of the molecule is CCC1CCC(N(C)c2n[nH]c(=S)n2C2CCCC2)CC1. The van der Waals surface area contributed by atoms with Gasteiger partial charge in [-0.2, -0.15) is 0 Å². The van der Waals surface area contributed by atoms with E-state index in [2.05, 4.69) is 33.6 Å². The van der Waals surface area contributed by atoms with Crippen LogP contribution in [0.3, 0.4) is 0 Å². The summed E-state index contributed by atoms with van der Waals surface area (Å²) in [4.78, 5) is 2.39. The van der Waals surface area contributed by atoms with Crippen LogP contribution in [0, 0.1) is 10.7 Å². The highest BCUT2D eigenvalue weighted by Crippen LogP contribution is 2.35. The highest BCUT2D eigenvalue weighted by molar-refractivity contribution is 7.71. The molecule has 0 atom stereocenters. The standard InChI is InChI=1S/C16H28N4S/c1-3-12-8-10-13(11-9-12)19(2)15-17-18-16(21)20(15)14-6-4-5-7-14/h12-14H,3-11H2,1-2H3,(H,18,21). The Kier molecular flexibility index (Phi) is 4.67. The third-order valence-electron chi connectivity index (χ3n) is 5.63. The van der Waals surface area contributed by atoms with Gasteiger partial charge in [0, 0.05) is 19.1 Å². The molecule has 1 heterocycles. The van der Waals surface area contributed by atoms with E-state index in [1.54, 1.807) is 0 Å². The number of nitrogens with zero attached hydrogens (tertiary/aromatic N) is 3. The van der Waals surface area contributed by atoms with Crippen molar-refractivity contribution in [2.45, 2.75) is 76.8 Å². The Balaban J connectivity index is 1.76. The van der Waals surface area contributed by atoms with Crippen LogP contribution in [0.1, 0.15) is 70.8 Å². The summed E-state index contributed by atoms with van der Waals surface area (Å²) in [5, 5.41) is 7.57. The van der Waals surface area contributed by atoms with Gasteiger partial charge in [-0.1, -0.05) is 26.2 Å². The third-order valence-corrected chi connectivity index (χ3v) is 5.92. The molecule has 2 aliphatic carbocycles. The molecule has 4 nitrogen and oxygen atoms in total. The van der Waals surface area contributed by atoms with E-state index in [1.165, 1.54) is 57.8 Å². The van der Waals surface area contributed by atoms with Crippen LogP contribution < -0.4 is 4.90 Å². The fourth-order valence-electron chi connectivity index (χ4n) is 4.14. The van der Waals surface area contributed by atoms with Crippen molar-refractivity contribution in [1.82, 2.24) is 14.8 Å². The fraction of sp³-hybridized carbons (Fsp3) is 0.875. The van der Waals surface area contributed by atoms with Crippen LogP contribution in [-0.2, 0) is 0 Å². The zero-order chi connectivity index (χ0) is 14.8. The molecule has 21 heavy (non-hydrogen) atoms. The van der Waals surface area contributed by atoms with Gasteiger partial charge >= 0.3 is 0 Å². The molecule has 118 valence electrons. The van der Waals surface area contributed by atoms with Crippen LogP contribution in [0.2, 0.25) is 0 Å². The molecule has 0 saturated heterocycles. The number of aromatic nitrogens is 3. The number of rotatable bonds is 4. The molecule has 1 aromatic rings. The second kappa shape index (κ2) is 6.51. The lowest BCUT2D eigenvalue weighted by molar-refractivity contribution is 0.310. The molecule has 2 aliphatic rings. The summed E-state index contributed by atoms with van der Waals surface area (Å²) >= 11 is 5.49. The van der Waals surface area contributed by atoms with E-state index in [9.17, 15) is 0 Å². The van der Waals surface area contributed by atoms with Crippen molar-refractivity contribution in [1.29, 1.82) is 0 Å². The predicted molar refractivity (Wildman–Crippen MR) is 89.4 cm³/mol. The summed E-state index contributed by atoms with van der Waals surface area (Å²) < 4.78 is 3.08. The molecule has 2 fully saturated rings. The minimum Gasteiger partial charge on any atom is -0.341 e. The summed E-state index contributed by atoms with van der Waals surface area (Å²) in [6.45, 7) is 2.32. The van der Waals surface area contributed by atoms with Crippen LogP contribution in [-0.4, -0.2) is 27.9 Å². The van der Waals surface area contributed by atoms with Crippen LogP contribution >= 0.6 is 12.2 Å². The van der Waals surface area contributed by atoms with Crippen LogP contribution in [0.5, 0.6) is 0 Å². The lowest BCUT2D eigenvalue weighted by atomic mass is 9.84. The zero-order valence-electron chi connectivity index (χ0n) is 13.3. The quantitative estimate of drug-likeness (QED) is 0.834. The second-order valence-corrected chi connectivity index (χ2v) is 7.22.